The molecule has 0 unspecified atom stereocenters. The summed E-state index contributed by atoms with van der Waals surface area (Å²) in [5, 5.41) is 5.56. The maximum Gasteiger partial charge on any atom is 0.242 e. The van der Waals surface area contributed by atoms with Gasteiger partial charge in [0.2, 0.25) is 11.8 Å². The van der Waals surface area contributed by atoms with Crippen LogP contribution in [0.2, 0.25) is 0 Å². The monoisotopic (exact) mass is 594 g/mol. The molecule has 10 heteroatoms. The number of pyridine rings is 4. The number of nitrogens with one attached hydrogen (secondary N) is 2. The second kappa shape index (κ2) is 17.5. The molecule has 10 nitrogen and oxygen atoms in total. The van der Waals surface area contributed by atoms with Crippen molar-refractivity contribution in [3.05, 3.63) is 120 Å². The van der Waals surface area contributed by atoms with Gasteiger partial charge in [0.05, 0.1) is 28.8 Å². The van der Waals surface area contributed by atoms with Gasteiger partial charge in [-0.2, -0.15) is 0 Å². The third kappa shape index (κ3) is 10.6. The molecule has 0 saturated carbocycles. The van der Waals surface area contributed by atoms with E-state index in [1.165, 1.54) is 0 Å². The molecule has 0 radical (unpaired) electrons. The molecule has 0 spiro atoms. The topological polar surface area (TPSA) is 116 Å². The predicted molar refractivity (Wildman–Crippen MR) is 170 cm³/mol. The van der Waals surface area contributed by atoms with Crippen LogP contribution in [0.4, 0.5) is 0 Å². The van der Waals surface area contributed by atoms with Gasteiger partial charge in [-0.15, -0.1) is 0 Å². The number of nitrogens with zero attached hydrogens (tertiary/aromatic N) is 6. The van der Waals surface area contributed by atoms with E-state index in [0.717, 1.165) is 42.2 Å². The van der Waals surface area contributed by atoms with E-state index in [4.69, 9.17) is 0 Å². The van der Waals surface area contributed by atoms with E-state index < -0.39 is 12.1 Å². The molecule has 0 bridgehead atoms. The molecule has 2 amide bonds. The fraction of sp³-hybridized carbons (Fsp3) is 0.353. The highest BCUT2D eigenvalue weighted by Crippen LogP contribution is 2.18. The lowest BCUT2D eigenvalue weighted by Gasteiger charge is -2.31. The minimum atomic E-state index is -0.659. The van der Waals surface area contributed by atoms with E-state index in [-0.39, 0.29) is 11.8 Å². The van der Waals surface area contributed by atoms with Gasteiger partial charge in [0.15, 0.2) is 0 Å². The number of hydrogen-bond acceptors (Lipinski definition) is 8. The number of carbonyl (C=O) groups is 2. The number of amides is 2. The van der Waals surface area contributed by atoms with Crippen LogP contribution < -0.4 is 10.6 Å². The highest BCUT2D eigenvalue weighted by Gasteiger charge is 2.29. The maximum atomic E-state index is 13.8. The van der Waals surface area contributed by atoms with E-state index in [9.17, 15) is 9.59 Å². The number of unbranched alkanes of at least 4 members (excludes halogenated alkanes) is 1. The summed E-state index contributed by atoms with van der Waals surface area (Å²) in [4.78, 5) is 48.6. The zero-order valence-electron chi connectivity index (χ0n) is 25.5. The van der Waals surface area contributed by atoms with Gasteiger partial charge in [-0.1, -0.05) is 30.7 Å². The fourth-order valence-corrected chi connectivity index (χ4v) is 5.08. The maximum absolute atomic E-state index is 13.8. The van der Waals surface area contributed by atoms with Gasteiger partial charge >= 0.3 is 0 Å². The highest BCUT2D eigenvalue weighted by atomic mass is 16.2. The third-order valence-electron chi connectivity index (χ3n) is 7.35. The lowest BCUT2D eigenvalue weighted by atomic mass is 10.0. The lowest BCUT2D eigenvalue weighted by molar-refractivity contribution is -0.132. The van der Waals surface area contributed by atoms with Gasteiger partial charge in [-0.05, 0) is 74.8 Å². The van der Waals surface area contributed by atoms with Crippen LogP contribution in [-0.4, -0.2) is 67.2 Å². The van der Waals surface area contributed by atoms with E-state index in [0.29, 0.717) is 32.6 Å². The summed E-state index contributed by atoms with van der Waals surface area (Å²) in [5.41, 5.74) is 3.72. The zero-order chi connectivity index (χ0) is 31.0. The van der Waals surface area contributed by atoms with Crippen LogP contribution in [0.15, 0.2) is 97.6 Å². The van der Waals surface area contributed by atoms with Crippen molar-refractivity contribution >= 4 is 11.8 Å². The molecule has 230 valence electrons. The van der Waals surface area contributed by atoms with Crippen molar-refractivity contribution in [1.82, 2.24) is 40.4 Å². The van der Waals surface area contributed by atoms with E-state index in [2.05, 4.69) is 40.4 Å². The Bertz CT molecular complexity index is 1310. The van der Waals surface area contributed by atoms with Gasteiger partial charge in [-0.25, -0.2) is 0 Å². The van der Waals surface area contributed by atoms with Crippen LogP contribution in [0.5, 0.6) is 0 Å². The minimum absolute atomic E-state index is 0.188. The average Bonchev–Trinajstić information content (AvgIpc) is 3.06. The van der Waals surface area contributed by atoms with Crippen molar-refractivity contribution in [3.8, 4) is 0 Å². The molecule has 2 atom stereocenters. The summed E-state index contributed by atoms with van der Waals surface area (Å²) in [6, 6.07) is 22.3. The second-order valence-corrected chi connectivity index (χ2v) is 10.8. The molecule has 4 aromatic rings. The van der Waals surface area contributed by atoms with E-state index in [1.807, 2.05) is 85.2 Å². The Labute approximate surface area is 260 Å². The average molecular weight is 595 g/mol. The van der Waals surface area contributed by atoms with Crippen molar-refractivity contribution in [2.45, 2.75) is 64.4 Å². The molecule has 44 heavy (non-hydrogen) atoms. The number of likely N-dealkylation sites (N-methyl/N-ethyl adjacent to an activating group) is 1. The Kier molecular flexibility index (Phi) is 12.9. The summed E-state index contributed by atoms with van der Waals surface area (Å²) < 4.78 is 0. The van der Waals surface area contributed by atoms with E-state index >= 15 is 0 Å². The van der Waals surface area contributed by atoms with Crippen LogP contribution in [0.3, 0.4) is 0 Å². The Morgan fingerprint density at radius 3 is 1.52 bits per heavy atom. The highest BCUT2D eigenvalue weighted by molar-refractivity contribution is 5.89. The summed E-state index contributed by atoms with van der Waals surface area (Å²) >= 11 is 0. The van der Waals surface area contributed by atoms with Crippen LogP contribution in [-0.2, 0) is 35.8 Å². The van der Waals surface area contributed by atoms with Gasteiger partial charge < -0.3 is 10.6 Å². The SMILES string of the molecule is CNC(=O)[C@H](C)NC(=O)[C@H](CCCCN(Cc1ccccn1)Cc1ccccn1)N(Cc1ccccn1)Cc1ccccn1. The molecular weight excluding hydrogens is 552 g/mol. The second-order valence-electron chi connectivity index (χ2n) is 10.8. The lowest BCUT2D eigenvalue weighted by Crippen LogP contribution is -2.52. The zero-order valence-corrected chi connectivity index (χ0v) is 25.5. The number of hydrogen-bond donors (Lipinski definition) is 2. The quantitative estimate of drug-likeness (QED) is 0.178. The summed E-state index contributed by atoms with van der Waals surface area (Å²) in [7, 11) is 1.57. The largest absolute Gasteiger partial charge is 0.357 e. The van der Waals surface area contributed by atoms with Gasteiger partial charge in [0.25, 0.3) is 0 Å². The first-order chi connectivity index (χ1) is 21.5. The molecular formula is C34H42N8O2. The normalized spacial score (nSPS) is 12.5. The molecule has 2 N–H and O–H groups in total. The van der Waals surface area contributed by atoms with Crippen molar-refractivity contribution < 1.29 is 9.59 Å². The fourth-order valence-electron chi connectivity index (χ4n) is 5.08. The molecule has 0 saturated heterocycles. The van der Waals surface area contributed by atoms with Crippen LogP contribution >= 0.6 is 0 Å². The van der Waals surface area contributed by atoms with E-state index in [1.54, 1.807) is 26.4 Å². The first-order valence-electron chi connectivity index (χ1n) is 15.1. The number of rotatable bonds is 17. The standard InChI is InChI=1S/C34H42N8O2/c1-27(33(43)35-2)40-34(44)32(42(25-30-15-5-10-20-38-30)26-31-16-6-11-21-39-31)17-7-12-22-41(23-28-13-3-8-18-36-28)24-29-14-4-9-19-37-29/h3-6,8-11,13-16,18-21,27,32H,7,12,17,22-26H2,1-2H3,(H,35,43)(H,40,44)/t27-,32-/m0/s1. The van der Waals surface area contributed by atoms with Crippen LogP contribution in [0.1, 0.15) is 49.0 Å². The first-order valence-corrected chi connectivity index (χ1v) is 15.1. The molecule has 0 aliphatic rings. The third-order valence-corrected chi connectivity index (χ3v) is 7.35. The molecule has 0 aliphatic carbocycles. The molecule has 0 aromatic carbocycles. The van der Waals surface area contributed by atoms with Gasteiger partial charge in [-0.3, -0.25) is 39.3 Å². The van der Waals surface area contributed by atoms with Crippen LogP contribution in [0, 0.1) is 0 Å². The molecule has 0 aliphatic heterocycles. The smallest absolute Gasteiger partial charge is 0.242 e. The van der Waals surface area contributed by atoms with Crippen molar-refractivity contribution in [1.29, 1.82) is 0 Å². The Balaban J connectivity index is 1.49. The summed E-state index contributed by atoms with van der Waals surface area (Å²) in [6.45, 7) is 4.86. The predicted octanol–water partition coefficient (Wildman–Crippen LogP) is 3.76. The van der Waals surface area contributed by atoms with Crippen LogP contribution in [0.25, 0.3) is 0 Å². The van der Waals surface area contributed by atoms with Crippen molar-refractivity contribution in [3.63, 3.8) is 0 Å². The minimum Gasteiger partial charge on any atom is -0.357 e. The summed E-state index contributed by atoms with van der Waals surface area (Å²) in [6.07, 6.45) is 9.42. The molecule has 4 aromatic heterocycles. The van der Waals surface area contributed by atoms with Crippen molar-refractivity contribution in [2.24, 2.45) is 0 Å². The molecule has 4 rings (SSSR count). The molecule has 0 fully saturated rings. The van der Waals surface area contributed by atoms with Gasteiger partial charge in [0.1, 0.15) is 6.04 Å². The first kappa shape index (κ1) is 32.4. The Morgan fingerprint density at radius 2 is 1.11 bits per heavy atom. The molecule has 4 heterocycles. The van der Waals surface area contributed by atoms with Gasteiger partial charge in [0, 0.05) is 58.0 Å². The Hall–Kier alpha value is -4.54. The number of carbonyl (C=O) groups excluding carboxylic acids is 2. The van der Waals surface area contributed by atoms with Crippen molar-refractivity contribution in [2.75, 3.05) is 13.6 Å². The number of aromatic nitrogens is 4. The Morgan fingerprint density at radius 1 is 0.659 bits per heavy atom. The summed E-state index contributed by atoms with van der Waals surface area (Å²) in [5.74, 6) is -0.426.